The first-order chi connectivity index (χ1) is 10.9. The number of thiazole rings is 1. The van der Waals surface area contributed by atoms with E-state index in [9.17, 15) is 14.7 Å². The van der Waals surface area contributed by atoms with Crippen LogP contribution in [0.5, 0.6) is 0 Å². The topological polar surface area (TPSA) is 99.5 Å². The molecule has 2 aromatic rings. The first-order valence-electron chi connectivity index (χ1n) is 7.06. The van der Waals surface area contributed by atoms with Crippen molar-refractivity contribution >= 4 is 23.2 Å². The monoisotopic (exact) mass is 334 g/mol. The van der Waals surface area contributed by atoms with Gasteiger partial charge in [-0.3, -0.25) is 4.79 Å². The van der Waals surface area contributed by atoms with Crippen LogP contribution in [0.1, 0.15) is 23.2 Å². The van der Waals surface area contributed by atoms with Crippen molar-refractivity contribution in [3.8, 4) is 0 Å². The van der Waals surface area contributed by atoms with Crippen molar-refractivity contribution < 1.29 is 19.8 Å². The van der Waals surface area contributed by atoms with Crippen LogP contribution in [0.3, 0.4) is 0 Å². The maximum atomic E-state index is 11.8. The number of aliphatic carboxylic acids is 1. The number of carboxylic acid groups (broad SMARTS) is 1. The van der Waals surface area contributed by atoms with Crippen LogP contribution in [0, 0.1) is 0 Å². The summed E-state index contributed by atoms with van der Waals surface area (Å²) in [6.07, 6.45) is 0.766. The van der Waals surface area contributed by atoms with Gasteiger partial charge in [0.05, 0.1) is 23.7 Å². The Labute approximate surface area is 137 Å². The predicted molar refractivity (Wildman–Crippen MR) is 86.3 cm³/mol. The molecule has 0 aliphatic rings. The maximum Gasteiger partial charge on any atom is 0.337 e. The normalized spacial score (nSPS) is 13.3. The molecule has 1 heterocycles. The van der Waals surface area contributed by atoms with Crippen LogP contribution in [-0.4, -0.2) is 39.2 Å². The van der Waals surface area contributed by atoms with Crippen molar-refractivity contribution in [1.82, 2.24) is 10.3 Å². The van der Waals surface area contributed by atoms with E-state index in [1.54, 1.807) is 0 Å². The van der Waals surface area contributed by atoms with Crippen molar-refractivity contribution in [1.29, 1.82) is 0 Å². The second-order valence-electron chi connectivity index (χ2n) is 5.43. The van der Waals surface area contributed by atoms with Gasteiger partial charge in [-0.2, -0.15) is 0 Å². The molecular formula is C16H18N2O4S. The highest BCUT2D eigenvalue weighted by Gasteiger charge is 2.30. The summed E-state index contributed by atoms with van der Waals surface area (Å²) < 4.78 is 0. The Bertz CT molecular complexity index is 682. The number of nitrogens with one attached hydrogen (secondary N) is 1. The minimum absolute atomic E-state index is 0.0565. The third kappa shape index (κ3) is 5.15. The van der Waals surface area contributed by atoms with E-state index in [0.717, 1.165) is 17.5 Å². The van der Waals surface area contributed by atoms with Crippen LogP contribution in [0.15, 0.2) is 35.7 Å². The number of amides is 1. The lowest BCUT2D eigenvalue weighted by molar-refractivity contribution is -0.156. The number of carbonyl (C=O) groups is 2. The van der Waals surface area contributed by atoms with Gasteiger partial charge < -0.3 is 15.5 Å². The first-order valence-corrected chi connectivity index (χ1v) is 7.94. The molecule has 0 radical (unpaired) electrons. The molecule has 23 heavy (non-hydrogen) atoms. The van der Waals surface area contributed by atoms with Gasteiger partial charge in [-0.05, 0) is 12.5 Å². The summed E-state index contributed by atoms with van der Waals surface area (Å²) in [5, 5.41) is 23.5. The summed E-state index contributed by atoms with van der Waals surface area (Å²) in [6.45, 7) is 0.790. The fourth-order valence-electron chi connectivity index (χ4n) is 1.86. The Morgan fingerprint density at radius 1 is 1.30 bits per heavy atom. The SMILES string of the molecule is CC(O)(CNC(=O)Cc1csc(Cc2ccccc2)n1)C(=O)O. The molecule has 1 aromatic carbocycles. The fourth-order valence-corrected chi connectivity index (χ4v) is 2.68. The van der Waals surface area contributed by atoms with Gasteiger partial charge in [0.25, 0.3) is 0 Å². The zero-order valence-electron chi connectivity index (χ0n) is 12.7. The third-order valence-electron chi connectivity index (χ3n) is 3.23. The van der Waals surface area contributed by atoms with Gasteiger partial charge in [-0.15, -0.1) is 11.3 Å². The average Bonchev–Trinajstić information content (AvgIpc) is 2.93. The molecule has 7 heteroatoms. The summed E-state index contributed by atoms with van der Waals surface area (Å²) in [5.41, 5.74) is -0.195. The number of aliphatic hydroxyl groups is 1. The zero-order valence-corrected chi connectivity index (χ0v) is 13.5. The summed E-state index contributed by atoms with van der Waals surface area (Å²) in [6, 6.07) is 9.91. The highest BCUT2D eigenvalue weighted by Crippen LogP contribution is 2.15. The second-order valence-corrected chi connectivity index (χ2v) is 6.37. The molecule has 0 aliphatic heterocycles. The molecule has 0 bridgehead atoms. The number of benzene rings is 1. The van der Waals surface area contributed by atoms with Crippen LogP contribution >= 0.6 is 11.3 Å². The van der Waals surface area contributed by atoms with E-state index in [0.29, 0.717) is 12.1 Å². The molecule has 3 N–H and O–H groups in total. The van der Waals surface area contributed by atoms with Crippen molar-refractivity contribution in [3.05, 3.63) is 52.0 Å². The van der Waals surface area contributed by atoms with Crippen LogP contribution in [-0.2, 0) is 22.4 Å². The Morgan fingerprint density at radius 3 is 2.65 bits per heavy atom. The predicted octanol–water partition coefficient (Wildman–Crippen LogP) is 1.23. The number of carboxylic acids is 1. The highest BCUT2D eigenvalue weighted by molar-refractivity contribution is 7.09. The van der Waals surface area contributed by atoms with Gasteiger partial charge in [0.1, 0.15) is 0 Å². The van der Waals surface area contributed by atoms with E-state index in [4.69, 9.17) is 5.11 Å². The van der Waals surface area contributed by atoms with Gasteiger partial charge in [0.15, 0.2) is 5.60 Å². The molecule has 6 nitrogen and oxygen atoms in total. The van der Waals surface area contributed by atoms with Crippen LogP contribution in [0.2, 0.25) is 0 Å². The Balaban J connectivity index is 1.86. The molecule has 1 unspecified atom stereocenters. The van der Waals surface area contributed by atoms with Crippen molar-refractivity contribution in [2.45, 2.75) is 25.4 Å². The number of hydrogen-bond acceptors (Lipinski definition) is 5. The molecule has 0 saturated carbocycles. The van der Waals surface area contributed by atoms with Crippen molar-refractivity contribution in [2.24, 2.45) is 0 Å². The summed E-state index contributed by atoms with van der Waals surface area (Å²) >= 11 is 1.48. The first kappa shape index (κ1) is 17.1. The van der Waals surface area contributed by atoms with Gasteiger partial charge in [0, 0.05) is 11.8 Å². The van der Waals surface area contributed by atoms with Crippen molar-refractivity contribution in [3.63, 3.8) is 0 Å². The van der Waals surface area contributed by atoms with Crippen LogP contribution < -0.4 is 5.32 Å². The number of carbonyl (C=O) groups excluding carboxylic acids is 1. The van der Waals surface area contributed by atoms with Gasteiger partial charge in [-0.25, -0.2) is 9.78 Å². The highest BCUT2D eigenvalue weighted by atomic mass is 32.1. The molecule has 1 atom stereocenters. The molecule has 2 rings (SSSR count). The van der Waals surface area contributed by atoms with E-state index in [1.165, 1.54) is 11.3 Å². The zero-order chi connectivity index (χ0) is 16.9. The quantitative estimate of drug-likeness (QED) is 0.707. The lowest BCUT2D eigenvalue weighted by Gasteiger charge is -2.17. The van der Waals surface area contributed by atoms with E-state index in [-0.39, 0.29) is 18.9 Å². The summed E-state index contributed by atoms with van der Waals surface area (Å²) in [7, 11) is 0. The number of aromatic nitrogens is 1. The van der Waals surface area contributed by atoms with Gasteiger partial charge in [0.2, 0.25) is 5.91 Å². The Hall–Kier alpha value is -2.25. The molecule has 1 amide bonds. The molecule has 0 saturated heterocycles. The molecular weight excluding hydrogens is 316 g/mol. The molecule has 1 aromatic heterocycles. The second kappa shape index (κ2) is 7.34. The van der Waals surface area contributed by atoms with E-state index in [2.05, 4.69) is 10.3 Å². The standard InChI is InChI=1S/C16H18N2O4S/c1-16(22,15(20)21)10-17-13(19)8-12-9-23-14(18-12)7-11-5-3-2-4-6-11/h2-6,9,22H,7-8,10H2,1H3,(H,17,19)(H,20,21). The number of rotatable bonds is 7. The van der Waals surface area contributed by atoms with Gasteiger partial charge >= 0.3 is 5.97 Å². The minimum atomic E-state index is -1.98. The lowest BCUT2D eigenvalue weighted by Crippen LogP contribution is -2.46. The molecule has 0 spiro atoms. The van der Waals surface area contributed by atoms with Crippen molar-refractivity contribution in [2.75, 3.05) is 6.54 Å². The third-order valence-corrected chi connectivity index (χ3v) is 4.13. The maximum absolute atomic E-state index is 11.8. The summed E-state index contributed by atoms with van der Waals surface area (Å²) in [5.74, 6) is -1.75. The van der Waals surface area contributed by atoms with Crippen LogP contribution in [0.4, 0.5) is 0 Å². The molecule has 0 fully saturated rings. The molecule has 122 valence electrons. The summed E-state index contributed by atoms with van der Waals surface area (Å²) in [4.78, 5) is 27.0. The smallest absolute Gasteiger partial charge is 0.337 e. The Kier molecular flexibility index (Phi) is 5.46. The van der Waals surface area contributed by atoms with E-state index >= 15 is 0 Å². The Morgan fingerprint density at radius 2 is 2.00 bits per heavy atom. The van der Waals surface area contributed by atoms with Crippen LogP contribution in [0.25, 0.3) is 0 Å². The minimum Gasteiger partial charge on any atom is -0.479 e. The van der Waals surface area contributed by atoms with E-state index < -0.39 is 11.6 Å². The molecule has 0 aliphatic carbocycles. The number of hydrogen-bond donors (Lipinski definition) is 3. The van der Waals surface area contributed by atoms with E-state index in [1.807, 2.05) is 35.7 Å². The fraction of sp³-hybridized carbons (Fsp3) is 0.312. The lowest BCUT2D eigenvalue weighted by atomic mass is 10.1. The largest absolute Gasteiger partial charge is 0.479 e. The van der Waals surface area contributed by atoms with Gasteiger partial charge in [-0.1, -0.05) is 30.3 Å². The number of nitrogens with zero attached hydrogens (tertiary/aromatic N) is 1. The average molecular weight is 334 g/mol.